The van der Waals surface area contributed by atoms with E-state index < -0.39 is 10.0 Å². The zero-order chi connectivity index (χ0) is 10.8. The van der Waals surface area contributed by atoms with Crippen LogP contribution in [0.3, 0.4) is 0 Å². The smallest absolute Gasteiger partial charge is 0.242 e. The summed E-state index contributed by atoms with van der Waals surface area (Å²) in [7, 11) is -0.404. The Hall–Kier alpha value is -1.11. The first-order valence-electron chi connectivity index (χ1n) is 3.97. The minimum Gasteiger partial charge on any atom is -0.324 e. The molecule has 6 heteroatoms. The molecule has 78 valence electrons. The van der Waals surface area contributed by atoms with Crippen LogP contribution >= 0.6 is 0 Å². The third-order valence-corrected chi connectivity index (χ3v) is 3.59. The van der Waals surface area contributed by atoms with Crippen molar-refractivity contribution in [3.63, 3.8) is 0 Å². The summed E-state index contributed by atoms with van der Waals surface area (Å²) in [6, 6.07) is 6.33. The summed E-state index contributed by atoms with van der Waals surface area (Å²) >= 11 is 0. The first-order valence-corrected chi connectivity index (χ1v) is 5.41. The van der Waals surface area contributed by atoms with Crippen molar-refractivity contribution in [2.24, 2.45) is 5.84 Å². The Labute approximate surface area is 83.5 Å². The fourth-order valence-corrected chi connectivity index (χ4v) is 1.91. The molecule has 0 heterocycles. The number of hydrogen-bond donors (Lipinski definition) is 2. The van der Waals surface area contributed by atoms with Gasteiger partial charge in [0.2, 0.25) is 10.0 Å². The fourth-order valence-electron chi connectivity index (χ4n) is 0.957. The lowest BCUT2D eigenvalue weighted by atomic mass is 10.3. The molecule has 0 atom stereocenters. The van der Waals surface area contributed by atoms with Crippen LogP contribution in [-0.2, 0) is 10.0 Å². The van der Waals surface area contributed by atoms with E-state index in [4.69, 9.17) is 5.84 Å². The standard InChI is InChI=1S/C8H13N3O2S/c1-11(2)14(12,13)8-5-3-4-7(6-8)10-9/h3-6,10H,9H2,1-2H3. The summed E-state index contributed by atoms with van der Waals surface area (Å²) in [6.45, 7) is 0. The third kappa shape index (κ3) is 2.03. The zero-order valence-electron chi connectivity index (χ0n) is 8.06. The van der Waals surface area contributed by atoms with Crippen LogP contribution in [0.25, 0.3) is 0 Å². The molecule has 3 N–H and O–H groups in total. The molecule has 14 heavy (non-hydrogen) atoms. The van der Waals surface area contributed by atoms with Gasteiger partial charge in [0, 0.05) is 19.8 Å². The van der Waals surface area contributed by atoms with Crippen molar-refractivity contribution in [3.05, 3.63) is 24.3 Å². The average molecular weight is 215 g/mol. The predicted molar refractivity (Wildman–Crippen MR) is 55.1 cm³/mol. The van der Waals surface area contributed by atoms with Crippen molar-refractivity contribution in [3.8, 4) is 0 Å². The van der Waals surface area contributed by atoms with Gasteiger partial charge in [0.25, 0.3) is 0 Å². The van der Waals surface area contributed by atoms with Gasteiger partial charge < -0.3 is 5.43 Å². The highest BCUT2D eigenvalue weighted by atomic mass is 32.2. The number of nitrogens with one attached hydrogen (secondary N) is 1. The molecule has 0 aliphatic rings. The summed E-state index contributed by atoms with van der Waals surface area (Å²) in [5.74, 6) is 5.18. The molecule has 1 rings (SSSR count). The monoisotopic (exact) mass is 215 g/mol. The number of hydrogen-bond acceptors (Lipinski definition) is 4. The molecule has 0 aliphatic carbocycles. The largest absolute Gasteiger partial charge is 0.324 e. The molecule has 5 nitrogen and oxygen atoms in total. The average Bonchev–Trinajstić information content (AvgIpc) is 2.17. The molecule has 0 radical (unpaired) electrons. The third-order valence-electron chi connectivity index (χ3n) is 1.78. The van der Waals surface area contributed by atoms with E-state index in [-0.39, 0.29) is 4.90 Å². The van der Waals surface area contributed by atoms with Crippen LogP contribution in [0, 0.1) is 0 Å². The van der Waals surface area contributed by atoms with Gasteiger partial charge in [-0.05, 0) is 18.2 Å². The number of sulfonamides is 1. The zero-order valence-corrected chi connectivity index (χ0v) is 8.88. The quantitative estimate of drug-likeness (QED) is 0.559. The summed E-state index contributed by atoms with van der Waals surface area (Å²) in [6.07, 6.45) is 0. The fraction of sp³-hybridized carbons (Fsp3) is 0.250. The Morgan fingerprint density at radius 3 is 2.50 bits per heavy atom. The normalized spacial score (nSPS) is 11.7. The van der Waals surface area contributed by atoms with Gasteiger partial charge in [-0.2, -0.15) is 0 Å². The van der Waals surface area contributed by atoms with Crippen molar-refractivity contribution in [1.29, 1.82) is 0 Å². The molecule has 1 aromatic rings. The number of hydrazine groups is 1. The Balaban J connectivity index is 3.20. The van der Waals surface area contributed by atoms with Crippen LogP contribution < -0.4 is 11.3 Å². The highest BCUT2D eigenvalue weighted by Crippen LogP contribution is 2.16. The van der Waals surface area contributed by atoms with Crippen molar-refractivity contribution in [2.45, 2.75) is 4.90 Å². The van der Waals surface area contributed by atoms with Gasteiger partial charge in [-0.1, -0.05) is 6.07 Å². The van der Waals surface area contributed by atoms with Crippen molar-refractivity contribution >= 4 is 15.7 Å². The summed E-state index contributed by atoms with van der Waals surface area (Å²) < 4.78 is 24.5. The van der Waals surface area contributed by atoms with Crippen LogP contribution in [0.2, 0.25) is 0 Å². The molecule has 0 aromatic heterocycles. The Morgan fingerprint density at radius 2 is 2.00 bits per heavy atom. The molecule has 0 saturated carbocycles. The number of nitrogens with two attached hydrogens (primary N) is 1. The number of nitrogens with zero attached hydrogens (tertiary/aromatic N) is 1. The van der Waals surface area contributed by atoms with Gasteiger partial charge in [0.15, 0.2) is 0 Å². The first kappa shape index (κ1) is 11.0. The number of anilines is 1. The molecule has 0 amide bonds. The maximum Gasteiger partial charge on any atom is 0.242 e. The van der Waals surface area contributed by atoms with Crippen molar-refractivity contribution in [2.75, 3.05) is 19.5 Å². The van der Waals surface area contributed by atoms with Gasteiger partial charge >= 0.3 is 0 Å². The van der Waals surface area contributed by atoms with Gasteiger partial charge in [0.1, 0.15) is 0 Å². The Kier molecular flexibility index (Phi) is 3.10. The second-order valence-electron chi connectivity index (χ2n) is 2.96. The predicted octanol–water partition coefficient (Wildman–Crippen LogP) is 0.223. The first-order chi connectivity index (χ1) is 6.48. The highest BCUT2D eigenvalue weighted by Gasteiger charge is 2.16. The van der Waals surface area contributed by atoms with Crippen LogP contribution in [-0.4, -0.2) is 26.8 Å². The van der Waals surface area contributed by atoms with E-state index in [1.807, 2.05) is 0 Å². The molecule has 0 unspecified atom stereocenters. The maximum atomic E-state index is 11.7. The van der Waals surface area contributed by atoms with Gasteiger partial charge in [0.05, 0.1) is 4.90 Å². The van der Waals surface area contributed by atoms with E-state index in [1.165, 1.54) is 26.2 Å². The summed E-state index contributed by atoms with van der Waals surface area (Å²) in [4.78, 5) is 0.220. The van der Waals surface area contributed by atoms with E-state index in [2.05, 4.69) is 5.43 Å². The van der Waals surface area contributed by atoms with E-state index in [1.54, 1.807) is 12.1 Å². The van der Waals surface area contributed by atoms with E-state index in [9.17, 15) is 8.42 Å². The lowest BCUT2D eigenvalue weighted by Gasteiger charge is -2.11. The van der Waals surface area contributed by atoms with Crippen LogP contribution in [0.1, 0.15) is 0 Å². The van der Waals surface area contributed by atoms with Crippen molar-refractivity contribution < 1.29 is 8.42 Å². The molecular weight excluding hydrogens is 202 g/mol. The summed E-state index contributed by atoms with van der Waals surface area (Å²) in [5, 5.41) is 0. The SMILES string of the molecule is CN(C)S(=O)(=O)c1cccc(NN)c1. The molecule has 0 saturated heterocycles. The van der Waals surface area contributed by atoms with Crippen molar-refractivity contribution in [1.82, 2.24) is 4.31 Å². The van der Waals surface area contributed by atoms with Crippen LogP contribution in [0.4, 0.5) is 5.69 Å². The molecule has 0 bridgehead atoms. The maximum absolute atomic E-state index is 11.7. The molecule has 0 spiro atoms. The minimum atomic E-state index is -3.37. The minimum absolute atomic E-state index is 0.220. The number of nitrogen functional groups attached to an aromatic ring is 1. The van der Waals surface area contributed by atoms with Crippen LogP contribution in [0.5, 0.6) is 0 Å². The lowest BCUT2D eigenvalue weighted by molar-refractivity contribution is 0.521. The van der Waals surface area contributed by atoms with Gasteiger partial charge in [-0.3, -0.25) is 5.84 Å². The Morgan fingerprint density at radius 1 is 1.36 bits per heavy atom. The van der Waals surface area contributed by atoms with Gasteiger partial charge in [-0.15, -0.1) is 0 Å². The van der Waals surface area contributed by atoms with E-state index >= 15 is 0 Å². The van der Waals surface area contributed by atoms with E-state index in [0.29, 0.717) is 5.69 Å². The molecular formula is C8H13N3O2S. The number of benzene rings is 1. The topological polar surface area (TPSA) is 75.4 Å². The molecule has 1 aromatic carbocycles. The van der Waals surface area contributed by atoms with E-state index in [0.717, 1.165) is 4.31 Å². The summed E-state index contributed by atoms with van der Waals surface area (Å²) in [5.41, 5.74) is 2.96. The lowest BCUT2D eigenvalue weighted by Crippen LogP contribution is -2.22. The van der Waals surface area contributed by atoms with Crippen LogP contribution in [0.15, 0.2) is 29.2 Å². The second kappa shape index (κ2) is 3.95. The van der Waals surface area contributed by atoms with Gasteiger partial charge in [-0.25, -0.2) is 12.7 Å². The molecule has 0 fully saturated rings. The number of rotatable bonds is 3. The molecule has 0 aliphatic heterocycles. The highest BCUT2D eigenvalue weighted by molar-refractivity contribution is 7.89. The Bertz CT molecular complexity index is 414. The second-order valence-corrected chi connectivity index (χ2v) is 5.11.